The lowest BCUT2D eigenvalue weighted by molar-refractivity contribution is -0.125. The largest absolute Gasteiger partial charge is 0.448 e. The van der Waals surface area contributed by atoms with E-state index in [9.17, 15) is 14.4 Å². The van der Waals surface area contributed by atoms with E-state index in [-0.39, 0.29) is 5.69 Å². The number of hydrogen-bond donors (Lipinski definition) is 3. The smallest absolute Gasteiger partial charge is 0.339 e. The number of aromatic amines is 2. The second kappa shape index (κ2) is 5.38. The highest BCUT2D eigenvalue weighted by molar-refractivity contribution is 6.00. The molecular formula is C17H13N3O4. The lowest BCUT2D eigenvalue weighted by Gasteiger charge is -2.23. The topological polar surface area (TPSA) is 104 Å². The number of fused-ring (bicyclic) bond motifs is 2. The van der Waals surface area contributed by atoms with Crippen LogP contribution in [0.2, 0.25) is 0 Å². The van der Waals surface area contributed by atoms with Crippen LogP contribution in [0.3, 0.4) is 0 Å². The van der Waals surface area contributed by atoms with Gasteiger partial charge in [-0.25, -0.2) is 9.59 Å². The Balaban J connectivity index is 1.55. The molecule has 7 nitrogen and oxygen atoms in total. The van der Waals surface area contributed by atoms with E-state index in [0.717, 1.165) is 5.56 Å². The summed E-state index contributed by atoms with van der Waals surface area (Å²) in [6.07, 6.45) is -0.551. The fourth-order valence-electron chi connectivity index (χ4n) is 2.81. The number of rotatable bonds is 2. The number of anilines is 1. The summed E-state index contributed by atoms with van der Waals surface area (Å²) in [7, 11) is 0. The van der Waals surface area contributed by atoms with Crippen molar-refractivity contribution in [2.24, 2.45) is 0 Å². The molecule has 3 aromatic rings. The third-order valence-corrected chi connectivity index (χ3v) is 3.97. The Kier molecular flexibility index (Phi) is 3.19. The summed E-state index contributed by atoms with van der Waals surface area (Å²) < 4.78 is 5.22. The van der Waals surface area contributed by atoms with Crippen LogP contribution in [0, 0.1) is 0 Å². The molecule has 24 heavy (non-hydrogen) atoms. The maximum absolute atomic E-state index is 12.4. The van der Waals surface area contributed by atoms with E-state index in [1.807, 2.05) is 12.1 Å². The van der Waals surface area contributed by atoms with E-state index in [1.54, 1.807) is 30.3 Å². The van der Waals surface area contributed by atoms with Crippen LogP contribution in [-0.4, -0.2) is 27.9 Å². The van der Waals surface area contributed by atoms with Crippen molar-refractivity contribution in [3.8, 4) is 0 Å². The van der Waals surface area contributed by atoms with Crippen LogP contribution in [0.4, 0.5) is 5.69 Å². The number of hydrogen-bond acceptors (Lipinski definition) is 4. The molecule has 0 spiro atoms. The van der Waals surface area contributed by atoms with Crippen LogP contribution < -0.4 is 11.0 Å². The molecular weight excluding hydrogens is 310 g/mol. The van der Waals surface area contributed by atoms with Gasteiger partial charge in [-0.3, -0.25) is 4.79 Å². The summed E-state index contributed by atoms with van der Waals surface area (Å²) in [6.45, 7) is 0. The molecule has 120 valence electrons. The Morgan fingerprint density at radius 3 is 2.75 bits per heavy atom. The molecule has 0 bridgehead atoms. The molecule has 1 aromatic heterocycles. The standard InChI is InChI=1S/C17H13N3O4/c21-15(14-7-9-3-1-2-4-11(9)16(22)24-14)18-10-5-6-12-13(8-10)20-17(23)19-12/h1-6,8,14H,7H2,(H,18,21)(H2,19,20,23)/t14-/m0/s1. The molecule has 1 atom stereocenters. The number of aromatic nitrogens is 2. The van der Waals surface area contributed by atoms with Crippen LogP contribution in [0.5, 0.6) is 0 Å². The Morgan fingerprint density at radius 2 is 1.88 bits per heavy atom. The lowest BCUT2D eigenvalue weighted by Crippen LogP contribution is -2.37. The van der Waals surface area contributed by atoms with Gasteiger partial charge in [-0.1, -0.05) is 18.2 Å². The van der Waals surface area contributed by atoms with Crippen molar-refractivity contribution >= 4 is 28.6 Å². The molecule has 0 saturated carbocycles. The highest BCUT2D eigenvalue weighted by atomic mass is 16.5. The normalized spacial score (nSPS) is 16.5. The van der Waals surface area contributed by atoms with Gasteiger partial charge in [-0.05, 0) is 29.8 Å². The third kappa shape index (κ3) is 2.45. The SMILES string of the molecule is O=C1O[C@H](C(=O)Nc2ccc3[nH]c(=O)[nH]c3c2)Cc2ccccc21. The maximum atomic E-state index is 12.4. The van der Waals surface area contributed by atoms with Crippen molar-refractivity contribution in [1.29, 1.82) is 0 Å². The summed E-state index contributed by atoms with van der Waals surface area (Å²) in [5.41, 5.74) is 2.72. The van der Waals surface area contributed by atoms with Gasteiger partial charge in [0, 0.05) is 12.1 Å². The molecule has 7 heteroatoms. The van der Waals surface area contributed by atoms with E-state index in [4.69, 9.17) is 4.74 Å². The fraction of sp³-hybridized carbons (Fsp3) is 0.118. The fourth-order valence-corrected chi connectivity index (χ4v) is 2.81. The quantitative estimate of drug-likeness (QED) is 0.623. The monoisotopic (exact) mass is 323 g/mol. The number of cyclic esters (lactones) is 1. The predicted octanol–water partition coefficient (Wildman–Crippen LogP) is 1.58. The minimum absolute atomic E-state index is 0.314. The first-order valence-electron chi connectivity index (χ1n) is 7.42. The Bertz CT molecular complexity index is 1020. The van der Waals surface area contributed by atoms with Gasteiger partial charge < -0.3 is 20.0 Å². The summed E-state index contributed by atoms with van der Waals surface area (Å²) in [6, 6.07) is 12.1. The second-order valence-electron chi connectivity index (χ2n) is 5.58. The average molecular weight is 323 g/mol. The first-order valence-corrected chi connectivity index (χ1v) is 7.42. The molecule has 1 aliphatic rings. The molecule has 0 radical (unpaired) electrons. The average Bonchev–Trinajstić information content (AvgIpc) is 2.94. The third-order valence-electron chi connectivity index (χ3n) is 3.97. The number of amides is 1. The molecule has 0 saturated heterocycles. The van der Waals surface area contributed by atoms with E-state index < -0.39 is 18.0 Å². The zero-order chi connectivity index (χ0) is 16.7. The van der Waals surface area contributed by atoms with Crippen molar-refractivity contribution in [2.45, 2.75) is 12.5 Å². The van der Waals surface area contributed by atoms with E-state index >= 15 is 0 Å². The van der Waals surface area contributed by atoms with Crippen LogP contribution in [0.15, 0.2) is 47.3 Å². The highest BCUT2D eigenvalue weighted by Gasteiger charge is 2.31. The zero-order valence-corrected chi connectivity index (χ0v) is 12.5. The first-order chi connectivity index (χ1) is 11.6. The van der Waals surface area contributed by atoms with Gasteiger partial charge in [0.25, 0.3) is 5.91 Å². The van der Waals surface area contributed by atoms with Gasteiger partial charge in [-0.15, -0.1) is 0 Å². The second-order valence-corrected chi connectivity index (χ2v) is 5.58. The Labute approximate surface area is 135 Å². The Hall–Kier alpha value is -3.35. The molecule has 1 aliphatic heterocycles. The van der Waals surface area contributed by atoms with Gasteiger partial charge in [-0.2, -0.15) is 0 Å². The van der Waals surface area contributed by atoms with Gasteiger partial charge in [0.15, 0.2) is 6.10 Å². The molecule has 0 unspecified atom stereocenters. The molecule has 0 fully saturated rings. The summed E-state index contributed by atoms with van der Waals surface area (Å²) in [5, 5.41) is 2.71. The van der Waals surface area contributed by atoms with Gasteiger partial charge >= 0.3 is 11.7 Å². The molecule has 1 amide bonds. The van der Waals surface area contributed by atoms with Crippen LogP contribution in [0.25, 0.3) is 11.0 Å². The predicted molar refractivity (Wildman–Crippen MR) is 86.9 cm³/mol. The molecule has 0 aliphatic carbocycles. The minimum atomic E-state index is -0.881. The highest BCUT2D eigenvalue weighted by Crippen LogP contribution is 2.22. The van der Waals surface area contributed by atoms with Crippen molar-refractivity contribution in [3.63, 3.8) is 0 Å². The van der Waals surface area contributed by atoms with Gasteiger partial charge in [0.05, 0.1) is 16.6 Å². The van der Waals surface area contributed by atoms with Gasteiger partial charge in [0.2, 0.25) is 0 Å². The molecule has 2 heterocycles. The number of carbonyl (C=O) groups excluding carboxylic acids is 2. The van der Waals surface area contributed by atoms with E-state index in [1.165, 1.54) is 0 Å². The zero-order valence-electron chi connectivity index (χ0n) is 12.5. The molecule has 4 rings (SSSR count). The lowest BCUT2D eigenvalue weighted by atomic mass is 9.98. The number of nitrogens with one attached hydrogen (secondary N) is 3. The molecule has 2 aromatic carbocycles. The summed E-state index contributed by atoms with van der Waals surface area (Å²) in [4.78, 5) is 40.9. The van der Waals surface area contributed by atoms with E-state index in [0.29, 0.717) is 28.7 Å². The number of imidazole rings is 1. The summed E-state index contributed by atoms with van der Waals surface area (Å²) in [5.74, 6) is -0.905. The van der Waals surface area contributed by atoms with Crippen LogP contribution >= 0.6 is 0 Å². The first kappa shape index (κ1) is 14.3. The Morgan fingerprint density at radius 1 is 1.08 bits per heavy atom. The summed E-state index contributed by atoms with van der Waals surface area (Å²) >= 11 is 0. The number of benzene rings is 2. The maximum Gasteiger partial charge on any atom is 0.339 e. The van der Waals surface area contributed by atoms with Crippen molar-refractivity contribution in [1.82, 2.24) is 9.97 Å². The number of carbonyl (C=O) groups is 2. The van der Waals surface area contributed by atoms with Crippen LogP contribution in [0.1, 0.15) is 15.9 Å². The number of ether oxygens (including phenoxy) is 1. The van der Waals surface area contributed by atoms with Gasteiger partial charge in [0.1, 0.15) is 0 Å². The molecule has 3 N–H and O–H groups in total. The van der Waals surface area contributed by atoms with Crippen molar-refractivity contribution < 1.29 is 14.3 Å². The van der Waals surface area contributed by atoms with Crippen molar-refractivity contribution in [3.05, 3.63) is 64.1 Å². The minimum Gasteiger partial charge on any atom is -0.448 e. The van der Waals surface area contributed by atoms with Crippen LogP contribution in [-0.2, 0) is 16.0 Å². The van der Waals surface area contributed by atoms with Crippen molar-refractivity contribution in [2.75, 3.05) is 5.32 Å². The number of esters is 1. The van der Waals surface area contributed by atoms with E-state index in [2.05, 4.69) is 15.3 Å². The number of H-pyrrole nitrogens is 2.